The molecule has 0 radical (unpaired) electrons. The van der Waals surface area contributed by atoms with Crippen LogP contribution in [0.4, 0.5) is 0 Å². The van der Waals surface area contributed by atoms with Gasteiger partial charge >= 0.3 is 0 Å². The van der Waals surface area contributed by atoms with Crippen molar-refractivity contribution in [3.8, 4) is 0 Å². The van der Waals surface area contributed by atoms with Crippen LogP contribution in [0.25, 0.3) is 0 Å². The Kier molecular flexibility index (Phi) is 5.69. The lowest BCUT2D eigenvalue weighted by Crippen LogP contribution is -2.40. The highest BCUT2D eigenvalue weighted by molar-refractivity contribution is 9.10. The summed E-state index contributed by atoms with van der Waals surface area (Å²) >= 11 is 3.36. The standard InChI is InChI=1S/C14H13BrNO.BrH/c1-11-4-2-3-9-16(11)10-14(17)12-5-7-13(15)8-6-12;/h2-9H,10H2,1H3;1H/q+1;. The number of hydrogen-bond donors (Lipinski definition) is 0. The van der Waals surface area contributed by atoms with Gasteiger partial charge in [-0.1, -0.05) is 34.1 Å². The quantitative estimate of drug-likeness (QED) is 0.597. The van der Waals surface area contributed by atoms with Crippen LogP contribution < -0.4 is 4.57 Å². The number of ketones is 1. The fourth-order valence-corrected chi connectivity index (χ4v) is 1.89. The highest BCUT2D eigenvalue weighted by Crippen LogP contribution is 2.10. The number of carbonyl (C=O) groups excluding carboxylic acids is 1. The second kappa shape index (κ2) is 6.81. The molecule has 0 spiro atoms. The summed E-state index contributed by atoms with van der Waals surface area (Å²) in [6.45, 7) is 2.38. The van der Waals surface area contributed by atoms with Crippen LogP contribution in [0.1, 0.15) is 16.1 Å². The Morgan fingerprint density at radius 1 is 1.17 bits per heavy atom. The van der Waals surface area contributed by atoms with Gasteiger partial charge in [-0.15, -0.1) is 17.0 Å². The Balaban J connectivity index is 0.00000162. The molecule has 0 unspecified atom stereocenters. The van der Waals surface area contributed by atoms with E-state index in [1.54, 1.807) is 0 Å². The largest absolute Gasteiger partial charge is 0.287 e. The molecule has 18 heavy (non-hydrogen) atoms. The van der Waals surface area contributed by atoms with Crippen LogP contribution in [0, 0.1) is 6.92 Å². The molecule has 2 aromatic rings. The monoisotopic (exact) mass is 370 g/mol. The van der Waals surface area contributed by atoms with Crippen LogP contribution in [0.3, 0.4) is 0 Å². The molecule has 0 atom stereocenters. The maximum absolute atomic E-state index is 12.0. The van der Waals surface area contributed by atoms with E-state index in [9.17, 15) is 4.79 Å². The maximum atomic E-state index is 12.0. The number of nitrogens with zero attached hydrogens (tertiary/aromatic N) is 1. The van der Waals surface area contributed by atoms with Crippen molar-refractivity contribution in [1.29, 1.82) is 0 Å². The fourth-order valence-electron chi connectivity index (χ4n) is 1.62. The second-order valence-electron chi connectivity index (χ2n) is 3.90. The molecule has 0 N–H and O–H groups in total. The van der Waals surface area contributed by atoms with E-state index in [2.05, 4.69) is 15.9 Å². The number of hydrogen-bond acceptors (Lipinski definition) is 1. The highest BCUT2D eigenvalue weighted by Gasteiger charge is 2.13. The first-order valence-corrected chi connectivity index (χ1v) is 6.20. The van der Waals surface area contributed by atoms with Gasteiger partial charge in [0.05, 0.1) is 0 Å². The molecule has 0 aliphatic rings. The van der Waals surface area contributed by atoms with Crippen molar-refractivity contribution >= 4 is 38.7 Å². The predicted octanol–water partition coefficient (Wildman–Crippen LogP) is 3.51. The molecule has 94 valence electrons. The zero-order valence-corrected chi connectivity index (χ0v) is 13.3. The summed E-state index contributed by atoms with van der Waals surface area (Å²) in [6.07, 6.45) is 1.92. The molecule has 1 aromatic heterocycles. The molecule has 4 heteroatoms. The topological polar surface area (TPSA) is 20.9 Å². The third-order valence-corrected chi connectivity index (χ3v) is 3.18. The van der Waals surface area contributed by atoms with E-state index >= 15 is 0 Å². The van der Waals surface area contributed by atoms with Gasteiger partial charge in [0.15, 0.2) is 11.9 Å². The Hall–Kier alpha value is -1.000. The minimum absolute atomic E-state index is 0. The summed E-state index contributed by atoms with van der Waals surface area (Å²) in [6, 6.07) is 13.3. The van der Waals surface area contributed by atoms with Gasteiger partial charge in [0.2, 0.25) is 12.3 Å². The first-order chi connectivity index (χ1) is 8.16. The van der Waals surface area contributed by atoms with E-state index in [0.717, 1.165) is 15.7 Å². The summed E-state index contributed by atoms with van der Waals surface area (Å²) in [5, 5.41) is 0. The summed E-state index contributed by atoms with van der Waals surface area (Å²) in [5.74, 6) is 0.122. The number of aromatic nitrogens is 1. The van der Waals surface area contributed by atoms with E-state index in [-0.39, 0.29) is 22.8 Å². The number of carbonyl (C=O) groups is 1. The first-order valence-electron chi connectivity index (χ1n) is 5.40. The number of benzene rings is 1. The first kappa shape index (κ1) is 15.1. The van der Waals surface area contributed by atoms with Gasteiger partial charge in [-0.25, -0.2) is 0 Å². The van der Waals surface area contributed by atoms with Gasteiger partial charge in [0.1, 0.15) is 0 Å². The van der Waals surface area contributed by atoms with Crippen LogP contribution in [0.15, 0.2) is 53.1 Å². The van der Waals surface area contributed by atoms with Crippen molar-refractivity contribution in [1.82, 2.24) is 0 Å². The SMILES string of the molecule is Br.Cc1cccc[n+]1CC(=O)c1ccc(Br)cc1. The summed E-state index contributed by atoms with van der Waals surface area (Å²) < 4.78 is 2.93. The van der Waals surface area contributed by atoms with Crippen molar-refractivity contribution in [3.63, 3.8) is 0 Å². The van der Waals surface area contributed by atoms with Gasteiger partial charge in [-0.05, 0) is 12.1 Å². The smallest absolute Gasteiger partial charge is 0.227 e. The normalized spacial score (nSPS) is 9.67. The van der Waals surface area contributed by atoms with Crippen LogP contribution >= 0.6 is 32.9 Å². The molecule has 2 rings (SSSR count). The van der Waals surface area contributed by atoms with E-state index in [0.29, 0.717) is 6.54 Å². The minimum Gasteiger partial charge on any atom is -0.287 e. The van der Waals surface area contributed by atoms with Crippen molar-refractivity contribution in [2.24, 2.45) is 0 Å². The minimum atomic E-state index is 0. The Labute approximate surface area is 126 Å². The Morgan fingerprint density at radius 3 is 2.44 bits per heavy atom. The molecule has 1 aromatic carbocycles. The van der Waals surface area contributed by atoms with Gasteiger partial charge in [0, 0.05) is 29.1 Å². The van der Waals surface area contributed by atoms with E-state index in [1.807, 2.05) is 60.2 Å². The fraction of sp³-hybridized carbons (Fsp3) is 0.143. The van der Waals surface area contributed by atoms with Crippen molar-refractivity contribution in [3.05, 3.63) is 64.4 Å². The molecule has 0 saturated heterocycles. The lowest BCUT2D eigenvalue weighted by Gasteiger charge is -2.00. The third kappa shape index (κ3) is 3.75. The molecule has 2 nitrogen and oxygen atoms in total. The van der Waals surface area contributed by atoms with Crippen LogP contribution in [-0.2, 0) is 6.54 Å². The van der Waals surface area contributed by atoms with Crippen molar-refractivity contribution in [2.45, 2.75) is 13.5 Å². The molecule has 0 saturated carbocycles. The number of aryl methyl sites for hydroxylation is 1. The molecule has 0 aliphatic heterocycles. The van der Waals surface area contributed by atoms with Gasteiger partial charge in [-0.3, -0.25) is 4.79 Å². The number of halogens is 2. The molecular weight excluding hydrogens is 358 g/mol. The van der Waals surface area contributed by atoms with E-state index in [1.165, 1.54) is 0 Å². The lowest BCUT2D eigenvalue weighted by molar-refractivity contribution is -0.689. The van der Waals surface area contributed by atoms with Crippen molar-refractivity contribution < 1.29 is 9.36 Å². The molecule has 1 heterocycles. The van der Waals surface area contributed by atoms with Crippen LogP contribution in [-0.4, -0.2) is 5.78 Å². The average Bonchev–Trinajstić information content (AvgIpc) is 2.33. The maximum Gasteiger partial charge on any atom is 0.227 e. The van der Waals surface area contributed by atoms with E-state index < -0.39 is 0 Å². The summed E-state index contributed by atoms with van der Waals surface area (Å²) in [7, 11) is 0. The Morgan fingerprint density at radius 2 is 1.83 bits per heavy atom. The van der Waals surface area contributed by atoms with Crippen LogP contribution in [0.5, 0.6) is 0 Å². The molecule has 0 aliphatic carbocycles. The Bertz CT molecular complexity index is 538. The number of rotatable bonds is 3. The second-order valence-corrected chi connectivity index (χ2v) is 4.82. The van der Waals surface area contributed by atoms with Gasteiger partial charge in [0.25, 0.3) is 0 Å². The zero-order valence-electron chi connectivity index (χ0n) is 9.97. The van der Waals surface area contributed by atoms with E-state index in [4.69, 9.17) is 0 Å². The lowest BCUT2D eigenvalue weighted by atomic mass is 10.1. The predicted molar refractivity (Wildman–Crippen MR) is 80.2 cm³/mol. The number of Topliss-reactive ketones (excluding diaryl/α,β-unsaturated/α-hetero) is 1. The zero-order chi connectivity index (χ0) is 12.3. The van der Waals surface area contributed by atoms with Crippen LogP contribution in [0.2, 0.25) is 0 Å². The van der Waals surface area contributed by atoms with Crippen molar-refractivity contribution in [2.75, 3.05) is 0 Å². The summed E-state index contributed by atoms with van der Waals surface area (Å²) in [5.41, 5.74) is 1.82. The molecule has 0 fully saturated rings. The van der Waals surface area contributed by atoms with Gasteiger partial charge < -0.3 is 0 Å². The highest BCUT2D eigenvalue weighted by atomic mass is 79.9. The van der Waals surface area contributed by atoms with Gasteiger partial charge in [-0.2, -0.15) is 4.57 Å². The molecule has 0 amide bonds. The average molecular weight is 372 g/mol. The molecular formula is C14H14Br2NO+. The summed E-state index contributed by atoms with van der Waals surface area (Å²) in [4.78, 5) is 12.0. The molecule has 0 bridgehead atoms. The number of pyridine rings is 1. The third-order valence-electron chi connectivity index (χ3n) is 2.65.